The Morgan fingerprint density at radius 2 is 0.427 bits per heavy atom. The number of benzene rings is 15. The molecule has 0 amide bonds. The molecule has 0 unspecified atom stereocenters. The molecule has 0 fully saturated rings. The van der Waals surface area contributed by atoms with Crippen LogP contribution < -0.4 is 0 Å². The van der Waals surface area contributed by atoms with Crippen molar-refractivity contribution >= 4 is 131 Å². The van der Waals surface area contributed by atoms with E-state index in [-0.39, 0.29) is 0 Å². The van der Waals surface area contributed by atoms with E-state index in [2.05, 4.69) is 334 Å². The fraction of sp³-hybridized carbons (Fsp3) is 0. The van der Waals surface area contributed by atoms with Gasteiger partial charge in [-0.3, -0.25) is 0 Å². The van der Waals surface area contributed by atoms with E-state index in [4.69, 9.17) is 8.83 Å². The van der Waals surface area contributed by atoms with Crippen molar-refractivity contribution in [2.24, 2.45) is 0 Å². The third-order valence-corrected chi connectivity index (χ3v) is 20.4. The number of fused-ring (bicyclic) bond motifs is 18. The third-order valence-electron chi connectivity index (χ3n) is 20.4. The maximum absolute atomic E-state index is 6.61. The number of nitrogens with zero attached hydrogens (tertiary/aromatic N) is 4. The molecule has 0 spiro atoms. The summed E-state index contributed by atoms with van der Waals surface area (Å²) in [7, 11) is 0. The minimum absolute atomic E-state index is 0.858. The number of hydrogen-bond donors (Lipinski definition) is 0. The lowest BCUT2D eigenvalue weighted by Crippen LogP contribution is -1.95. The predicted octanol–water partition coefficient (Wildman–Crippen LogP) is 24.5. The van der Waals surface area contributed by atoms with Crippen LogP contribution in [0, 0.1) is 0 Å². The highest BCUT2D eigenvalue weighted by molar-refractivity contribution is 6.17. The summed E-state index contributed by atoms with van der Waals surface area (Å²) in [5.74, 6) is 0. The molecule has 0 saturated heterocycles. The van der Waals surface area contributed by atoms with Crippen LogP contribution in [0.3, 0.4) is 0 Å². The zero-order chi connectivity index (χ0) is 62.7. The molecule has 15 aromatic carbocycles. The van der Waals surface area contributed by atoms with Crippen LogP contribution in [-0.2, 0) is 0 Å². The molecule has 446 valence electrons. The molecule has 0 radical (unpaired) electrons. The molecule has 0 bridgehead atoms. The van der Waals surface area contributed by atoms with Gasteiger partial charge in [-0.2, -0.15) is 0 Å². The van der Waals surface area contributed by atoms with Gasteiger partial charge in [0.2, 0.25) is 0 Å². The number of hydrogen-bond acceptors (Lipinski definition) is 2. The Kier molecular flexibility index (Phi) is 11.1. The second-order valence-corrected chi connectivity index (χ2v) is 25.5. The highest BCUT2D eigenvalue weighted by Gasteiger charge is 2.22. The molecule has 21 rings (SSSR count). The molecule has 0 aliphatic heterocycles. The van der Waals surface area contributed by atoms with E-state index in [1.54, 1.807) is 0 Å². The Morgan fingerprint density at radius 1 is 0.156 bits per heavy atom. The molecule has 0 aliphatic rings. The number of para-hydroxylation sites is 6. The molecule has 6 aromatic heterocycles. The van der Waals surface area contributed by atoms with E-state index in [9.17, 15) is 0 Å². The minimum atomic E-state index is 0.858. The fourth-order valence-electron chi connectivity index (χ4n) is 16.0. The summed E-state index contributed by atoms with van der Waals surface area (Å²) in [6.45, 7) is 0. The van der Waals surface area contributed by atoms with Gasteiger partial charge in [0.25, 0.3) is 0 Å². The third kappa shape index (κ3) is 7.81. The SMILES string of the molecule is c1ccc(-n2c3ccccc3c3cc(-c4ccc5c(c4)c4cc(-n6c7ccccc7c7cc(-c8ccc9c(c8)c8ccccc8n9-c8ccc9oc%10ccc(-c%11ccccc%11-c%11ccc%12oc%13ccccc%13c%12c%11)cc%10c9c8)ccc76)ccc4n5-c4ccccc4)ccc32)cc1. The van der Waals surface area contributed by atoms with Crippen LogP contribution in [0.5, 0.6) is 0 Å². The summed E-state index contributed by atoms with van der Waals surface area (Å²) in [5.41, 5.74) is 26.6. The van der Waals surface area contributed by atoms with E-state index in [0.29, 0.717) is 0 Å². The van der Waals surface area contributed by atoms with Gasteiger partial charge < -0.3 is 27.1 Å². The molecule has 6 nitrogen and oxygen atoms in total. The zero-order valence-corrected chi connectivity index (χ0v) is 51.8. The van der Waals surface area contributed by atoms with Gasteiger partial charge in [-0.25, -0.2) is 0 Å². The fourth-order valence-corrected chi connectivity index (χ4v) is 16.0. The topological polar surface area (TPSA) is 46.0 Å². The second kappa shape index (κ2) is 20.3. The molecular formula is C90H54N4O2. The Morgan fingerprint density at radius 3 is 0.885 bits per heavy atom. The highest BCUT2D eigenvalue weighted by Crippen LogP contribution is 2.45. The van der Waals surface area contributed by atoms with Crippen LogP contribution in [0.2, 0.25) is 0 Å². The molecule has 0 N–H and O–H groups in total. The Labute approximate surface area is 549 Å². The molecule has 6 heteroatoms. The van der Waals surface area contributed by atoms with E-state index in [1.165, 1.54) is 87.4 Å². The maximum Gasteiger partial charge on any atom is 0.135 e. The first-order chi connectivity index (χ1) is 47.6. The zero-order valence-electron chi connectivity index (χ0n) is 51.8. The van der Waals surface area contributed by atoms with Crippen LogP contribution in [-0.4, -0.2) is 18.3 Å². The Bertz CT molecular complexity index is 6830. The second-order valence-electron chi connectivity index (χ2n) is 25.5. The molecule has 6 heterocycles. The van der Waals surface area contributed by atoms with E-state index in [0.717, 1.165) is 111 Å². The first kappa shape index (κ1) is 52.7. The predicted molar refractivity (Wildman–Crippen MR) is 400 cm³/mol. The normalized spacial score (nSPS) is 12.2. The van der Waals surface area contributed by atoms with Crippen molar-refractivity contribution in [2.45, 2.75) is 0 Å². The summed E-state index contributed by atoms with van der Waals surface area (Å²) in [5, 5.41) is 14.1. The Hall–Kier alpha value is -12.9. The van der Waals surface area contributed by atoms with Crippen molar-refractivity contribution in [2.75, 3.05) is 0 Å². The van der Waals surface area contributed by atoms with E-state index < -0.39 is 0 Å². The average Bonchev–Trinajstić information content (AvgIpc) is 1.58. The first-order valence-electron chi connectivity index (χ1n) is 32.9. The lowest BCUT2D eigenvalue weighted by Gasteiger charge is -2.11. The van der Waals surface area contributed by atoms with Crippen LogP contribution in [0.15, 0.2) is 336 Å². The molecule has 0 atom stereocenters. The van der Waals surface area contributed by atoms with Gasteiger partial charge in [-0.05, 0) is 202 Å². The van der Waals surface area contributed by atoms with Crippen LogP contribution in [0.25, 0.3) is 198 Å². The Balaban J connectivity index is 0.662. The van der Waals surface area contributed by atoms with Gasteiger partial charge in [0.05, 0.1) is 44.1 Å². The van der Waals surface area contributed by atoms with Crippen molar-refractivity contribution in [1.29, 1.82) is 0 Å². The summed E-state index contributed by atoms with van der Waals surface area (Å²) in [6.07, 6.45) is 0. The van der Waals surface area contributed by atoms with Crippen molar-refractivity contribution in [1.82, 2.24) is 18.3 Å². The maximum atomic E-state index is 6.61. The number of rotatable bonds is 8. The molecule has 0 saturated carbocycles. The standard InChI is InChI=1S/C90H54N4O2/c1-3-17-61(18-4-1)91-79-27-13-9-23-67(79)71-47-57(31-39-82(71)91)58-34-42-85-74(50-58)75-53-63(37-43-86(75)92(85)62-19-5-2-6-20-62)93-80-28-14-10-24-68(80)72-48-55(32-40-83(72)93)56-33-41-84-73(49-56)69-25-11-15-29-81(69)94(84)64-38-46-90-78(54-64)77-52-60(36-45-89(77)96-90)66-22-8-7-21-65(66)59-35-44-88-76(51-59)70-26-12-16-30-87(70)95-88/h1-54H. The van der Waals surface area contributed by atoms with Gasteiger partial charge in [0, 0.05) is 87.4 Å². The van der Waals surface area contributed by atoms with Gasteiger partial charge in [-0.1, -0.05) is 170 Å². The van der Waals surface area contributed by atoms with Crippen LogP contribution in [0.4, 0.5) is 0 Å². The monoisotopic (exact) mass is 1220 g/mol. The minimum Gasteiger partial charge on any atom is -0.456 e. The summed E-state index contributed by atoms with van der Waals surface area (Å²) in [4.78, 5) is 0. The van der Waals surface area contributed by atoms with Crippen molar-refractivity contribution in [3.05, 3.63) is 328 Å². The van der Waals surface area contributed by atoms with Gasteiger partial charge >= 0.3 is 0 Å². The summed E-state index contributed by atoms with van der Waals surface area (Å²) < 4.78 is 22.5. The number of furan rings is 2. The molecule has 0 aliphatic carbocycles. The lowest BCUT2D eigenvalue weighted by molar-refractivity contribution is 0.668. The molecule has 96 heavy (non-hydrogen) atoms. The smallest absolute Gasteiger partial charge is 0.135 e. The van der Waals surface area contributed by atoms with Crippen LogP contribution >= 0.6 is 0 Å². The van der Waals surface area contributed by atoms with Gasteiger partial charge in [0.1, 0.15) is 22.3 Å². The van der Waals surface area contributed by atoms with E-state index in [1.807, 2.05) is 12.1 Å². The van der Waals surface area contributed by atoms with Crippen molar-refractivity contribution in [3.63, 3.8) is 0 Å². The molecular weight excluding hydrogens is 1170 g/mol. The molecule has 21 aromatic rings. The van der Waals surface area contributed by atoms with Crippen molar-refractivity contribution in [3.8, 4) is 67.3 Å². The average molecular weight is 1220 g/mol. The van der Waals surface area contributed by atoms with Crippen molar-refractivity contribution < 1.29 is 8.83 Å². The lowest BCUT2D eigenvalue weighted by atomic mass is 9.93. The first-order valence-corrected chi connectivity index (χ1v) is 32.9. The largest absolute Gasteiger partial charge is 0.456 e. The van der Waals surface area contributed by atoms with E-state index >= 15 is 0 Å². The summed E-state index contributed by atoms with van der Waals surface area (Å²) in [6, 6.07) is 120. The highest BCUT2D eigenvalue weighted by atomic mass is 16.3. The quantitative estimate of drug-likeness (QED) is 0.152. The summed E-state index contributed by atoms with van der Waals surface area (Å²) >= 11 is 0. The number of aromatic nitrogens is 4. The van der Waals surface area contributed by atoms with Crippen LogP contribution in [0.1, 0.15) is 0 Å². The van der Waals surface area contributed by atoms with Gasteiger partial charge in [0.15, 0.2) is 0 Å². The van der Waals surface area contributed by atoms with Gasteiger partial charge in [-0.15, -0.1) is 0 Å².